The van der Waals surface area contributed by atoms with E-state index in [2.05, 4.69) is 40.7 Å². The van der Waals surface area contributed by atoms with Gasteiger partial charge in [-0.2, -0.15) is 5.10 Å². The summed E-state index contributed by atoms with van der Waals surface area (Å²) in [5.41, 5.74) is 1.10. The van der Waals surface area contributed by atoms with Gasteiger partial charge >= 0.3 is 0 Å². The smallest absolute Gasteiger partial charge is 0.0991 e. The van der Waals surface area contributed by atoms with Crippen LogP contribution in [0.15, 0.2) is 6.07 Å². The van der Waals surface area contributed by atoms with E-state index in [4.69, 9.17) is 0 Å². The molecular formula is C6H9IN2. The van der Waals surface area contributed by atoms with Crippen LogP contribution in [0, 0.1) is 10.6 Å². The summed E-state index contributed by atoms with van der Waals surface area (Å²) in [5.74, 6) is 0. The molecule has 0 amide bonds. The maximum atomic E-state index is 4.24. The van der Waals surface area contributed by atoms with Gasteiger partial charge in [0.1, 0.15) is 0 Å². The highest BCUT2D eigenvalue weighted by atomic mass is 127. The molecule has 0 bridgehead atoms. The molecule has 0 aliphatic carbocycles. The number of aryl methyl sites for hydroxylation is 2. The van der Waals surface area contributed by atoms with Crippen LogP contribution in [0.4, 0.5) is 0 Å². The van der Waals surface area contributed by atoms with Crippen molar-refractivity contribution in [1.82, 2.24) is 9.78 Å². The van der Waals surface area contributed by atoms with Gasteiger partial charge in [0.2, 0.25) is 0 Å². The van der Waals surface area contributed by atoms with E-state index in [-0.39, 0.29) is 0 Å². The highest BCUT2D eigenvalue weighted by Gasteiger charge is 1.96. The summed E-state index contributed by atoms with van der Waals surface area (Å²) in [6, 6.07) is 2.07. The second-order valence-electron chi connectivity index (χ2n) is 1.92. The van der Waals surface area contributed by atoms with Crippen molar-refractivity contribution in [3.8, 4) is 0 Å². The SMILES string of the molecule is CCn1nc(C)cc1I. The number of hydrogen-bond donors (Lipinski definition) is 0. The van der Waals surface area contributed by atoms with Crippen LogP contribution in [0.2, 0.25) is 0 Å². The van der Waals surface area contributed by atoms with Crippen molar-refractivity contribution < 1.29 is 0 Å². The second-order valence-corrected chi connectivity index (χ2v) is 3.03. The summed E-state index contributed by atoms with van der Waals surface area (Å²) in [6.07, 6.45) is 0. The molecule has 0 aliphatic rings. The highest BCUT2D eigenvalue weighted by Crippen LogP contribution is 2.05. The average molecular weight is 236 g/mol. The second kappa shape index (κ2) is 2.68. The normalized spacial score (nSPS) is 10.1. The zero-order chi connectivity index (χ0) is 6.85. The Bertz CT molecular complexity index is 205. The van der Waals surface area contributed by atoms with E-state index in [0.29, 0.717) is 0 Å². The van der Waals surface area contributed by atoms with Crippen LogP contribution >= 0.6 is 22.6 Å². The van der Waals surface area contributed by atoms with Crippen molar-refractivity contribution in [2.45, 2.75) is 20.4 Å². The van der Waals surface area contributed by atoms with Crippen LogP contribution in [0.1, 0.15) is 12.6 Å². The average Bonchev–Trinajstić information content (AvgIpc) is 2.10. The minimum absolute atomic E-state index is 0.964. The van der Waals surface area contributed by atoms with Gasteiger partial charge in [-0.05, 0) is 42.5 Å². The molecule has 1 aromatic heterocycles. The van der Waals surface area contributed by atoms with Gasteiger partial charge in [0.15, 0.2) is 0 Å². The summed E-state index contributed by atoms with van der Waals surface area (Å²) in [7, 11) is 0. The summed E-state index contributed by atoms with van der Waals surface area (Å²) in [5, 5.41) is 4.24. The standard InChI is InChI=1S/C6H9IN2/c1-3-9-6(7)4-5(2)8-9/h4H,3H2,1-2H3. The van der Waals surface area contributed by atoms with Gasteiger partial charge in [0, 0.05) is 6.54 Å². The van der Waals surface area contributed by atoms with E-state index in [9.17, 15) is 0 Å². The van der Waals surface area contributed by atoms with Gasteiger partial charge < -0.3 is 0 Å². The Morgan fingerprint density at radius 2 is 2.44 bits per heavy atom. The third-order valence-electron chi connectivity index (χ3n) is 1.15. The van der Waals surface area contributed by atoms with Gasteiger partial charge in [-0.25, -0.2) is 0 Å². The minimum atomic E-state index is 0.964. The van der Waals surface area contributed by atoms with Crippen molar-refractivity contribution >= 4 is 22.6 Å². The molecule has 50 valence electrons. The van der Waals surface area contributed by atoms with Crippen molar-refractivity contribution in [3.05, 3.63) is 15.5 Å². The first kappa shape index (κ1) is 7.05. The predicted octanol–water partition coefficient (Wildman–Crippen LogP) is 1.82. The first-order chi connectivity index (χ1) is 4.24. The van der Waals surface area contributed by atoms with Gasteiger partial charge in [0.05, 0.1) is 9.39 Å². The minimum Gasteiger partial charge on any atom is -0.259 e. The Balaban J connectivity index is 3.01. The van der Waals surface area contributed by atoms with Crippen molar-refractivity contribution in [3.63, 3.8) is 0 Å². The van der Waals surface area contributed by atoms with E-state index in [0.717, 1.165) is 12.2 Å². The molecule has 0 N–H and O–H groups in total. The monoisotopic (exact) mass is 236 g/mol. The lowest BCUT2D eigenvalue weighted by molar-refractivity contribution is 0.638. The maximum absolute atomic E-state index is 4.24. The Morgan fingerprint density at radius 1 is 1.78 bits per heavy atom. The molecule has 0 saturated carbocycles. The largest absolute Gasteiger partial charge is 0.259 e. The lowest BCUT2D eigenvalue weighted by Gasteiger charge is -1.93. The van der Waals surface area contributed by atoms with E-state index in [1.807, 2.05) is 11.6 Å². The lowest BCUT2D eigenvalue weighted by Crippen LogP contribution is -1.97. The fraction of sp³-hybridized carbons (Fsp3) is 0.500. The maximum Gasteiger partial charge on any atom is 0.0991 e. The van der Waals surface area contributed by atoms with E-state index in [1.165, 1.54) is 3.70 Å². The summed E-state index contributed by atoms with van der Waals surface area (Å²) in [6.45, 7) is 5.06. The third-order valence-corrected chi connectivity index (χ3v) is 2.02. The van der Waals surface area contributed by atoms with Gasteiger partial charge in [-0.1, -0.05) is 0 Å². The third kappa shape index (κ3) is 1.44. The molecule has 0 aliphatic heterocycles. The van der Waals surface area contributed by atoms with E-state index < -0.39 is 0 Å². The molecule has 9 heavy (non-hydrogen) atoms. The van der Waals surface area contributed by atoms with Crippen LogP contribution in [0.25, 0.3) is 0 Å². The van der Waals surface area contributed by atoms with E-state index in [1.54, 1.807) is 0 Å². The zero-order valence-corrected chi connectivity index (χ0v) is 7.71. The molecule has 1 rings (SSSR count). The Hall–Kier alpha value is -0.0600. The molecule has 0 atom stereocenters. The fourth-order valence-electron chi connectivity index (χ4n) is 0.736. The van der Waals surface area contributed by atoms with Crippen LogP contribution < -0.4 is 0 Å². The predicted molar refractivity (Wildman–Crippen MR) is 45.4 cm³/mol. The van der Waals surface area contributed by atoms with Gasteiger partial charge in [0.25, 0.3) is 0 Å². The number of hydrogen-bond acceptors (Lipinski definition) is 1. The van der Waals surface area contributed by atoms with Gasteiger partial charge in [-0.3, -0.25) is 4.68 Å². The number of rotatable bonds is 1. The Morgan fingerprint density at radius 3 is 2.67 bits per heavy atom. The number of halogens is 1. The highest BCUT2D eigenvalue weighted by molar-refractivity contribution is 14.1. The van der Waals surface area contributed by atoms with Crippen molar-refractivity contribution in [2.75, 3.05) is 0 Å². The first-order valence-corrected chi connectivity index (χ1v) is 4.02. The molecule has 0 saturated heterocycles. The topological polar surface area (TPSA) is 17.8 Å². The Kier molecular flexibility index (Phi) is 2.10. The summed E-state index contributed by atoms with van der Waals surface area (Å²) in [4.78, 5) is 0. The van der Waals surface area contributed by atoms with Crippen molar-refractivity contribution in [1.29, 1.82) is 0 Å². The molecule has 0 spiro atoms. The van der Waals surface area contributed by atoms with Crippen LogP contribution in [0.5, 0.6) is 0 Å². The fourth-order valence-corrected chi connectivity index (χ4v) is 1.64. The van der Waals surface area contributed by atoms with E-state index >= 15 is 0 Å². The van der Waals surface area contributed by atoms with Crippen molar-refractivity contribution in [2.24, 2.45) is 0 Å². The quantitative estimate of drug-likeness (QED) is 0.680. The number of nitrogens with zero attached hydrogens (tertiary/aromatic N) is 2. The van der Waals surface area contributed by atoms with Crippen LogP contribution in [-0.4, -0.2) is 9.78 Å². The molecule has 0 aromatic carbocycles. The molecule has 1 heterocycles. The summed E-state index contributed by atoms with van der Waals surface area (Å²) >= 11 is 2.28. The molecule has 0 unspecified atom stereocenters. The number of aromatic nitrogens is 2. The van der Waals surface area contributed by atoms with Crippen LogP contribution in [0.3, 0.4) is 0 Å². The van der Waals surface area contributed by atoms with Gasteiger partial charge in [-0.15, -0.1) is 0 Å². The first-order valence-electron chi connectivity index (χ1n) is 2.94. The zero-order valence-electron chi connectivity index (χ0n) is 5.56. The molecule has 3 heteroatoms. The Labute approximate surface area is 68.4 Å². The molecule has 0 fully saturated rings. The lowest BCUT2D eigenvalue weighted by atomic mass is 10.5. The molecule has 2 nitrogen and oxygen atoms in total. The molecule has 0 radical (unpaired) electrons. The molecule has 1 aromatic rings. The summed E-state index contributed by atoms with van der Waals surface area (Å²) < 4.78 is 3.20. The van der Waals surface area contributed by atoms with Crippen LogP contribution in [-0.2, 0) is 6.54 Å². The molecular weight excluding hydrogens is 227 g/mol.